The maximum atomic E-state index is 12.4. The molecule has 1 fully saturated rings. The van der Waals surface area contributed by atoms with Crippen molar-refractivity contribution in [2.24, 2.45) is 5.92 Å². The minimum absolute atomic E-state index is 0.0215. The van der Waals surface area contributed by atoms with E-state index in [1.165, 1.54) is 0 Å². The molecular formula is C18H23N5O2. The largest absolute Gasteiger partial charge is 0.348 e. The van der Waals surface area contributed by atoms with Crippen LogP contribution in [0, 0.1) is 5.92 Å². The topological polar surface area (TPSA) is 80.1 Å². The summed E-state index contributed by atoms with van der Waals surface area (Å²) < 4.78 is 1.88. The molecule has 1 aliphatic rings. The molecule has 2 unspecified atom stereocenters. The van der Waals surface area contributed by atoms with Gasteiger partial charge in [-0.2, -0.15) is 0 Å². The summed E-state index contributed by atoms with van der Waals surface area (Å²) in [6.07, 6.45) is 1.90. The zero-order valence-corrected chi connectivity index (χ0v) is 14.6. The molecule has 0 radical (unpaired) electrons. The summed E-state index contributed by atoms with van der Waals surface area (Å²) in [7, 11) is 0. The van der Waals surface area contributed by atoms with Gasteiger partial charge in [-0.15, -0.1) is 10.2 Å². The zero-order chi connectivity index (χ0) is 17.8. The van der Waals surface area contributed by atoms with Gasteiger partial charge >= 0.3 is 0 Å². The molecule has 0 saturated carbocycles. The van der Waals surface area contributed by atoms with Gasteiger partial charge in [0.25, 0.3) is 0 Å². The second kappa shape index (κ2) is 7.46. The van der Waals surface area contributed by atoms with Crippen LogP contribution >= 0.6 is 0 Å². The lowest BCUT2D eigenvalue weighted by molar-refractivity contribution is -0.130. The number of amides is 2. The number of hydrogen-bond donors (Lipinski definition) is 1. The number of carbonyl (C=O) groups is 2. The van der Waals surface area contributed by atoms with Crippen LogP contribution in [-0.4, -0.2) is 38.0 Å². The molecule has 0 spiro atoms. The Bertz CT molecular complexity index is 743. The van der Waals surface area contributed by atoms with Crippen molar-refractivity contribution in [3.8, 4) is 0 Å². The number of benzene rings is 1. The smallest absolute Gasteiger partial charge is 0.225 e. The molecular weight excluding hydrogens is 318 g/mol. The summed E-state index contributed by atoms with van der Waals surface area (Å²) in [5, 5.41) is 10.7. The summed E-state index contributed by atoms with van der Waals surface area (Å²) in [5.41, 5.74) is 1.08. The molecule has 132 valence electrons. The van der Waals surface area contributed by atoms with Crippen LogP contribution in [0.25, 0.3) is 0 Å². The highest BCUT2D eigenvalue weighted by Gasteiger charge is 2.36. The Hall–Kier alpha value is -2.70. The van der Waals surface area contributed by atoms with Crippen LogP contribution in [0.5, 0.6) is 0 Å². The van der Waals surface area contributed by atoms with Crippen molar-refractivity contribution >= 4 is 11.8 Å². The third-order valence-corrected chi connectivity index (χ3v) is 4.74. The van der Waals surface area contributed by atoms with Crippen molar-refractivity contribution < 1.29 is 9.59 Å². The summed E-state index contributed by atoms with van der Waals surface area (Å²) >= 11 is 0. The first-order valence-corrected chi connectivity index (χ1v) is 8.59. The lowest BCUT2D eigenvalue weighted by Gasteiger charge is -2.25. The highest BCUT2D eigenvalue weighted by atomic mass is 16.2. The predicted molar refractivity (Wildman–Crippen MR) is 92.2 cm³/mol. The average molecular weight is 341 g/mol. The number of likely N-dealkylation sites (tertiary alicyclic amines) is 1. The Labute approximate surface area is 147 Å². The molecule has 2 aromatic rings. The van der Waals surface area contributed by atoms with E-state index in [2.05, 4.69) is 15.5 Å². The van der Waals surface area contributed by atoms with Crippen molar-refractivity contribution in [1.29, 1.82) is 0 Å². The fourth-order valence-electron chi connectivity index (χ4n) is 3.18. The van der Waals surface area contributed by atoms with Crippen LogP contribution in [0.3, 0.4) is 0 Å². The van der Waals surface area contributed by atoms with Gasteiger partial charge < -0.3 is 14.8 Å². The quantitative estimate of drug-likeness (QED) is 0.864. The lowest BCUT2D eigenvalue weighted by atomic mass is 10.1. The van der Waals surface area contributed by atoms with E-state index in [1.807, 2.05) is 48.7 Å². The van der Waals surface area contributed by atoms with Crippen LogP contribution in [0.2, 0.25) is 0 Å². The first-order valence-electron chi connectivity index (χ1n) is 8.59. The fraction of sp³-hybridized carbons (Fsp3) is 0.444. The van der Waals surface area contributed by atoms with Crippen molar-refractivity contribution in [2.45, 2.75) is 39.4 Å². The van der Waals surface area contributed by atoms with Gasteiger partial charge in [0.1, 0.15) is 6.33 Å². The van der Waals surface area contributed by atoms with Crippen molar-refractivity contribution in [3.63, 3.8) is 0 Å². The van der Waals surface area contributed by atoms with E-state index in [9.17, 15) is 9.59 Å². The van der Waals surface area contributed by atoms with E-state index >= 15 is 0 Å². The molecule has 1 N–H and O–H groups in total. The lowest BCUT2D eigenvalue weighted by Crippen LogP contribution is -2.34. The van der Waals surface area contributed by atoms with Gasteiger partial charge in [0, 0.05) is 19.5 Å². The molecule has 2 heterocycles. The minimum atomic E-state index is -0.323. The van der Waals surface area contributed by atoms with E-state index < -0.39 is 0 Å². The van der Waals surface area contributed by atoms with E-state index in [4.69, 9.17) is 0 Å². The summed E-state index contributed by atoms with van der Waals surface area (Å²) in [6.45, 7) is 5.51. The molecule has 2 atom stereocenters. The van der Waals surface area contributed by atoms with Crippen LogP contribution in [0.15, 0.2) is 36.7 Å². The number of nitrogens with zero attached hydrogens (tertiary/aromatic N) is 4. The molecule has 1 aliphatic heterocycles. The minimum Gasteiger partial charge on any atom is -0.348 e. The molecule has 0 bridgehead atoms. The number of carbonyl (C=O) groups excluding carboxylic acids is 2. The molecule has 7 heteroatoms. The third kappa shape index (κ3) is 3.70. The number of aryl methyl sites for hydroxylation is 1. The normalized spacial score (nSPS) is 18.4. The Morgan fingerprint density at radius 2 is 2.12 bits per heavy atom. The molecule has 2 amide bonds. The van der Waals surface area contributed by atoms with E-state index in [0.717, 1.165) is 17.9 Å². The van der Waals surface area contributed by atoms with Crippen molar-refractivity contribution in [3.05, 3.63) is 48.0 Å². The highest BCUT2D eigenvalue weighted by Crippen LogP contribution is 2.28. The molecule has 7 nitrogen and oxygen atoms in total. The first-order chi connectivity index (χ1) is 12.1. The van der Waals surface area contributed by atoms with E-state index in [-0.39, 0.29) is 30.2 Å². The number of hydrogen-bond acceptors (Lipinski definition) is 4. The fourth-order valence-corrected chi connectivity index (χ4v) is 3.18. The molecule has 1 aromatic heterocycles. The maximum Gasteiger partial charge on any atom is 0.225 e. The SMILES string of the molecule is CCn1cnnc1CNC(=O)C1CC(=O)N(C(C)c2ccccc2)C1. The van der Waals surface area contributed by atoms with Gasteiger partial charge in [-0.05, 0) is 19.4 Å². The van der Waals surface area contributed by atoms with Crippen molar-refractivity contribution in [2.75, 3.05) is 6.54 Å². The van der Waals surface area contributed by atoms with Gasteiger partial charge in [-0.3, -0.25) is 9.59 Å². The molecule has 1 saturated heterocycles. The van der Waals surface area contributed by atoms with E-state index in [0.29, 0.717) is 13.1 Å². The highest BCUT2D eigenvalue weighted by molar-refractivity contribution is 5.89. The number of nitrogens with one attached hydrogen (secondary N) is 1. The number of rotatable bonds is 6. The third-order valence-electron chi connectivity index (χ3n) is 4.74. The summed E-state index contributed by atoms with van der Waals surface area (Å²) in [4.78, 5) is 26.6. The molecule has 0 aliphatic carbocycles. The average Bonchev–Trinajstić information content (AvgIpc) is 3.26. The molecule has 25 heavy (non-hydrogen) atoms. The van der Waals surface area contributed by atoms with Crippen LogP contribution < -0.4 is 5.32 Å². The standard InChI is InChI=1S/C18H23N5O2/c1-3-22-12-20-21-16(22)10-19-18(25)15-9-17(24)23(11-15)13(2)14-7-5-4-6-8-14/h4-8,12-13,15H,3,9-11H2,1-2H3,(H,19,25). The second-order valence-corrected chi connectivity index (χ2v) is 6.28. The maximum absolute atomic E-state index is 12.4. The van der Waals surface area contributed by atoms with Crippen LogP contribution in [0.1, 0.15) is 37.7 Å². The van der Waals surface area contributed by atoms with Crippen molar-refractivity contribution in [1.82, 2.24) is 25.0 Å². The number of aromatic nitrogens is 3. The Morgan fingerprint density at radius 1 is 1.36 bits per heavy atom. The van der Waals surface area contributed by atoms with Crippen LogP contribution in [0.4, 0.5) is 0 Å². The zero-order valence-electron chi connectivity index (χ0n) is 14.6. The Balaban J connectivity index is 1.59. The van der Waals surface area contributed by atoms with Crippen LogP contribution in [-0.2, 0) is 22.7 Å². The van der Waals surface area contributed by atoms with Gasteiger partial charge in [0.05, 0.1) is 18.5 Å². The van der Waals surface area contributed by atoms with Gasteiger partial charge in [-0.25, -0.2) is 0 Å². The Kier molecular flexibility index (Phi) is 5.11. The monoisotopic (exact) mass is 341 g/mol. The first kappa shape index (κ1) is 17.1. The van der Waals surface area contributed by atoms with E-state index in [1.54, 1.807) is 11.2 Å². The predicted octanol–water partition coefficient (Wildman–Crippen LogP) is 1.52. The second-order valence-electron chi connectivity index (χ2n) is 6.28. The van der Waals surface area contributed by atoms with Gasteiger partial charge in [-0.1, -0.05) is 30.3 Å². The van der Waals surface area contributed by atoms with Gasteiger partial charge in [0.15, 0.2) is 5.82 Å². The summed E-state index contributed by atoms with van der Waals surface area (Å²) in [5.74, 6) is 0.307. The van der Waals surface area contributed by atoms with Gasteiger partial charge in [0.2, 0.25) is 11.8 Å². The molecule has 3 rings (SSSR count). The Morgan fingerprint density at radius 3 is 2.84 bits per heavy atom. The summed E-state index contributed by atoms with van der Waals surface area (Å²) in [6, 6.07) is 9.84. The molecule has 1 aromatic carbocycles.